The summed E-state index contributed by atoms with van der Waals surface area (Å²) >= 11 is 12.3. The molecular formula is C30H21Cl2N3O5. The number of rotatable bonds is 8. The Kier molecular flexibility index (Phi) is 7.72. The highest BCUT2D eigenvalue weighted by atomic mass is 35.5. The first-order chi connectivity index (χ1) is 19.3. The standard InChI is InChI=1S/C30H21Cl2N3O5/c1-39-25-16-9-19(31)17-24(25)35-29(37)26(32)27(30(35)38)33-20-10-7-18(8-11-20)28(36)34-21-12-14-23(15-13-21)40-22-5-3-2-4-6-22/h2-17,33H,1H3,(H,34,36). The molecule has 0 saturated carbocycles. The summed E-state index contributed by atoms with van der Waals surface area (Å²) in [6.45, 7) is 0. The molecule has 0 unspecified atom stereocenters. The molecule has 3 amide bonds. The maximum atomic E-state index is 13.1. The number of carbonyl (C=O) groups is 3. The Morgan fingerprint density at radius 2 is 1.43 bits per heavy atom. The first-order valence-corrected chi connectivity index (χ1v) is 12.7. The molecule has 0 fully saturated rings. The number of imide groups is 1. The van der Waals surface area contributed by atoms with Crippen LogP contribution >= 0.6 is 23.2 Å². The van der Waals surface area contributed by atoms with Crippen molar-refractivity contribution < 1.29 is 23.9 Å². The van der Waals surface area contributed by atoms with Gasteiger partial charge in [-0.2, -0.15) is 0 Å². The molecule has 4 aromatic carbocycles. The minimum atomic E-state index is -0.717. The van der Waals surface area contributed by atoms with E-state index in [4.69, 9.17) is 32.7 Å². The minimum Gasteiger partial charge on any atom is -0.495 e. The van der Waals surface area contributed by atoms with Crippen molar-refractivity contribution >= 4 is 58.0 Å². The van der Waals surface area contributed by atoms with E-state index < -0.39 is 11.8 Å². The van der Waals surface area contributed by atoms with Crippen LogP contribution in [0.3, 0.4) is 0 Å². The number of nitrogens with one attached hydrogen (secondary N) is 2. The first kappa shape index (κ1) is 26.8. The van der Waals surface area contributed by atoms with Gasteiger partial charge in [0.25, 0.3) is 17.7 Å². The average Bonchev–Trinajstić information content (AvgIpc) is 3.17. The first-order valence-electron chi connectivity index (χ1n) is 12.0. The van der Waals surface area contributed by atoms with E-state index in [-0.39, 0.29) is 28.1 Å². The zero-order chi connectivity index (χ0) is 28.2. The van der Waals surface area contributed by atoms with Gasteiger partial charge in [0.15, 0.2) is 0 Å². The van der Waals surface area contributed by atoms with Gasteiger partial charge in [0, 0.05) is 22.0 Å². The van der Waals surface area contributed by atoms with Crippen LogP contribution in [0, 0.1) is 0 Å². The number of carbonyl (C=O) groups excluding carboxylic acids is 3. The number of para-hydroxylation sites is 1. The van der Waals surface area contributed by atoms with Gasteiger partial charge in [-0.05, 0) is 78.9 Å². The topological polar surface area (TPSA) is 97.0 Å². The van der Waals surface area contributed by atoms with Gasteiger partial charge in [-0.1, -0.05) is 41.4 Å². The van der Waals surface area contributed by atoms with Gasteiger partial charge in [-0.3, -0.25) is 14.4 Å². The largest absolute Gasteiger partial charge is 0.495 e. The normalized spacial score (nSPS) is 12.9. The summed E-state index contributed by atoms with van der Waals surface area (Å²) in [5.74, 6) is -0.0779. The molecule has 1 aliphatic heterocycles. The lowest BCUT2D eigenvalue weighted by Gasteiger charge is -2.18. The number of hydrogen-bond acceptors (Lipinski definition) is 6. The second-order valence-electron chi connectivity index (χ2n) is 8.55. The summed E-state index contributed by atoms with van der Waals surface area (Å²) in [5, 5.41) is 5.74. The Morgan fingerprint density at radius 3 is 2.10 bits per heavy atom. The molecule has 0 saturated heterocycles. The van der Waals surface area contributed by atoms with Gasteiger partial charge in [-0.15, -0.1) is 0 Å². The van der Waals surface area contributed by atoms with Gasteiger partial charge in [-0.25, -0.2) is 4.90 Å². The number of hydrogen-bond donors (Lipinski definition) is 2. The van der Waals surface area contributed by atoms with E-state index in [1.54, 1.807) is 60.7 Å². The molecule has 200 valence electrons. The molecule has 0 aromatic heterocycles. The monoisotopic (exact) mass is 573 g/mol. The van der Waals surface area contributed by atoms with Crippen LogP contribution < -0.4 is 25.0 Å². The van der Waals surface area contributed by atoms with Gasteiger partial charge in [0.2, 0.25) is 0 Å². The molecule has 0 bridgehead atoms. The molecule has 5 rings (SSSR count). The third-order valence-corrected chi connectivity index (χ3v) is 6.50. The number of nitrogens with zero attached hydrogens (tertiary/aromatic N) is 1. The predicted molar refractivity (Wildman–Crippen MR) is 154 cm³/mol. The van der Waals surface area contributed by atoms with Gasteiger partial charge >= 0.3 is 0 Å². The number of benzene rings is 4. The highest BCUT2D eigenvalue weighted by Gasteiger charge is 2.40. The molecule has 1 aliphatic rings. The van der Waals surface area contributed by atoms with Crippen LogP contribution in [-0.2, 0) is 9.59 Å². The van der Waals surface area contributed by atoms with E-state index in [1.165, 1.54) is 13.2 Å². The molecule has 1 heterocycles. The lowest BCUT2D eigenvalue weighted by Crippen LogP contribution is -2.32. The van der Waals surface area contributed by atoms with E-state index in [1.807, 2.05) is 30.3 Å². The molecule has 0 aliphatic carbocycles. The number of amides is 3. The summed E-state index contributed by atoms with van der Waals surface area (Å²) in [7, 11) is 1.42. The Bertz CT molecular complexity index is 1620. The summed E-state index contributed by atoms with van der Waals surface area (Å²) in [4.78, 5) is 39.6. The van der Waals surface area contributed by atoms with Gasteiger partial charge < -0.3 is 20.1 Å². The van der Waals surface area contributed by atoms with Crippen molar-refractivity contribution in [1.82, 2.24) is 0 Å². The fourth-order valence-electron chi connectivity index (χ4n) is 3.95. The summed E-state index contributed by atoms with van der Waals surface area (Å²) in [6, 6.07) is 27.3. The molecule has 4 aromatic rings. The quantitative estimate of drug-likeness (QED) is 0.224. The van der Waals surface area contributed by atoms with Gasteiger partial charge in [0.05, 0.1) is 12.8 Å². The fourth-order valence-corrected chi connectivity index (χ4v) is 4.33. The molecule has 8 nitrogen and oxygen atoms in total. The Morgan fingerprint density at radius 1 is 0.775 bits per heavy atom. The van der Waals surface area contributed by atoms with E-state index in [2.05, 4.69) is 10.6 Å². The van der Waals surface area contributed by atoms with Gasteiger partial charge in [0.1, 0.15) is 28.0 Å². The van der Waals surface area contributed by atoms with E-state index >= 15 is 0 Å². The van der Waals surface area contributed by atoms with Crippen molar-refractivity contribution in [2.24, 2.45) is 0 Å². The van der Waals surface area contributed by atoms with Crippen molar-refractivity contribution in [3.05, 3.63) is 118 Å². The van der Waals surface area contributed by atoms with Crippen molar-refractivity contribution in [3.63, 3.8) is 0 Å². The van der Waals surface area contributed by atoms with Crippen LogP contribution in [0.5, 0.6) is 17.2 Å². The van der Waals surface area contributed by atoms with E-state index in [0.717, 1.165) is 4.90 Å². The van der Waals surface area contributed by atoms with Crippen LogP contribution in [0.4, 0.5) is 17.1 Å². The number of methoxy groups -OCH3 is 1. The Labute approximate surface area is 239 Å². The molecule has 0 radical (unpaired) electrons. The predicted octanol–water partition coefficient (Wildman–Crippen LogP) is 6.83. The average molecular weight is 574 g/mol. The van der Waals surface area contributed by atoms with Crippen LogP contribution in [0.1, 0.15) is 10.4 Å². The Hall–Kier alpha value is -4.79. The zero-order valence-electron chi connectivity index (χ0n) is 21.0. The number of anilines is 3. The Balaban J connectivity index is 1.24. The SMILES string of the molecule is COc1ccc(Cl)cc1N1C(=O)C(Cl)=C(Nc2ccc(C(=O)Nc3ccc(Oc4ccccc4)cc3)cc2)C1=O. The summed E-state index contributed by atoms with van der Waals surface area (Å²) in [5.41, 5.74) is 1.49. The minimum absolute atomic E-state index is 0.108. The van der Waals surface area contributed by atoms with Crippen molar-refractivity contribution in [2.45, 2.75) is 0 Å². The molecular weight excluding hydrogens is 553 g/mol. The maximum Gasteiger partial charge on any atom is 0.283 e. The fraction of sp³-hybridized carbons (Fsp3) is 0.0333. The van der Waals surface area contributed by atoms with Crippen LogP contribution in [-0.4, -0.2) is 24.8 Å². The van der Waals surface area contributed by atoms with Crippen molar-refractivity contribution in [1.29, 1.82) is 0 Å². The molecule has 10 heteroatoms. The molecule has 0 atom stereocenters. The highest BCUT2D eigenvalue weighted by molar-refractivity contribution is 6.53. The van der Waals surface area contributed by atoms with Crippen LogP contribution in [0.15, 0.2) is 108 Å². The zero-order valence-corrected chi connectivity index (χ0v) is 22.5. The van der Waals surface area contributed by atoms with Crippen molar-refractivity contribution in [3.8, 4) is 17.2 Å². The third-order valence-electron chi connectivity index (χ3n) is 5.92. The highest BCUT2D eigenvalue weighted by Crippen LogP contribution is 2.37. The van der Waals surface area contributed by atoms with Crippen LogP contribution in [0.2, 0.25) is 5.02 Å². The summed E-state index contributed by atoms with van der Waals surface area (Å²) < 4.78 is 11.0. The summed E-state index contributed by atoms with van der Waals surface area (Å²) in [6.07, 6.45) is 0. The smallest absolute Gasteiger partial charge is 0.283 e. The molecule has 40 heavy (non-hydrogen) atoms. The number of ether oxygens (including phenoxy) is 2. The van der Waals surface area contributed by atoms with E-state index in [9.17, 15) is 14.4 Å². The second-order valence-corrected chi connectivity index (χ2v) is 9.36. The van der Waals surface area contributed by atoms with Crippen molar-refractivity contribution in [2.75, 3.05) is 22.6 Å². The maximum absolute atomic E-state index is 13.1. The second kappa shape index (κ2) is 11.5. The van der Waals surface area contributed by atoms with Crippen LogP contribution in [0.25, 0.3) is 0 Å². The van der Waals surface area contributed by atoms with E-state index in [0.29, 0.717) is 33.5 Å². The lowest BCUT2D eigenvalue weighted by molar-refractivity contribution is -0.120. The lowest BCUT2D eigenvalue weighted by atomic mass is 10.2. The third kappa shape index (κ3) is 5.63. The molecule has 2 N–H and O–H groups in total. The molecule has 0 spiro atoms. The number of halogens is 2.